The molecule has 0 bridgehead atoms. The minimum atomic E-state index is 0.817. The summed E-state index contributed by atoms with van der Waals surface area (Å²) in [4.78, 5) is 16.0. The molecule has 246 valence electrons. The van der Waals surface area contributed by atoms with Crippen molar-refractivity contribution in [1.82, 2.24) is 33.8 Å². The molecule has 0 aliphatic carbocycles. The van der Waals surface area contributed by atoms with Crippen molar-refractivity contribution in [2.45, 2.75) is 155 Å². The van der Waals surface area contributed by atoms with Gasteiger partial charge in [0, 0.05) is 49.3 Å². The van der Waals surface area contributed by atoms with Crippen LogP contribution in [0.25, 0.3) is 0 Å². The Balaban J connectivity index is 0.000000180. The van der Waals surface area contributed by atoms with Crippen LogP contribution < -0.4 is 0 Å². The molecule has 7 heteroatoms. The topological polar surface area (TPSA) is 45.4 Å². The smallest absolute Gasteiger partial charge is 0.0949 e. The second-order valence-corrected chi connectivity index (χ2v) is 13.8. The summed E-state index contributed by atoms with van der Waals surface area (Å²) in [5.74, 6) is 0. The van der Waals surface area contributed by atoms with Gasteiger partial charge in [0.05, 0.1) is 18.3 Å². The molecule has 43 heavy (non-hydrogen) atoms. The van der Waals surface area contributed by atoms with Crippen LogP contribution in [0.4, 0.5) is 0 Å². The fourth-order valence-corrected chi connectivity index (χ4v) is 7.19. The van der Waals surface area contributed by atoms with Crippen LogP contribution in [-0.4, -0.2) is 92.7 Å². The highest BCUT2D eigenvalue weighted by Crippen LogP contribution is 2.21. The second kappa shape index (κ2) is 20.4. The third kappa shape index (κ3) is 13.4. The predicted molar refractivity (Wildman–Crippen MR) is 183 cm³/mol. The van der Waals surface area contributed by atoms with Crippen molar-refractivity contribution in [2.24, 2.45) is 0 Å². The summed E-state index contributed by atoms with van der Waals surface area (Å²) in [6.45, 7) is 12.6. The van der Waals surface area contributed by atoms with Crippen molar-refractivity contribution < 1.29 is 0 Å². The summed E-state index contributed by atoms with van der Waals surface area (Å²) in [6.07, 6.45) is 30.0. The van der Waals surface area contributed by atoms with Crippen molar-refractivity contribution in [3.63, 3.8) is 0 Å². The monoisotopic (exact) mass is 598 g/mol. The molecule has 0 spiro atoms. The van der Waals surface area contributed by atoms with Crippen molar-refractivity contribution in [3.8, 4) is 0 Å². The Bertz CT molecular complexity index is 968. The van der Waals surface area contributed by atoms with Gasteiger partial charge in [0.25, 0.3) is 0 Å². The zero-order chi connectivity index (χ0) is 30.9. The largest absolute Gasteiger partial charge is 0.337 e. The number of hydrogen-bond donors (Lipinski definition) is 0. The van der Waals surface area contributed by atoms with E-state index < -0.39 is 0 Å². The second-order valence-electron chi connectivity index (χ2n) is 13.8. The number of aromatic nitrogens is 4. The van der Waals surface area contributed by atoms with Crippen LogP contribution in [0.3, 0.4) is 0 Å². The SMILES string of the molecule is CCCCC1CCCCN1C.Cc1cn(CCCC2CCCCN2C)cn1.Cc1cncn1CCCC1CCCCN1C. The van der Waals surface area contributed by atoms with Gasteiger partial charge in [-0.1, -0.05) is 39.0 Å². The highest BCUT2D eigenvalue weighted by Gasteiger charge is 2.19. The third-order valence-electron chi connectivity index (χ3n) is 10.2. The van der Waals surface area contributed by atoms with Gasteiger partial charge in [-0.15, -0.1) is 0 Å². The molecule has 0 saturated carbocycles. The average Bonchev–Trinajstić information content (AvgIpc) is 3.62. The highest BCUT2D eigenvalue weighted by molar-refractivity contribution is 4.94. The number of aryl methyl sites for hydroxylation is 4. The van der Waals surface area contributed by atoms with E-state index in [1.165, 1.54) is 128 Å². The first-order chi connectivity index (χ1) is 20.9. The standard InChI is InChI=1S/2C13H23N3.C10H21N/c1-12-10-16(11-14-12)9-5-7-13-6-3-4-8-15(13)2;1-12-10-14-11-16(12)9-5-7-13-6-3-4-8-15(13)2;1-3-4-7-10-8-5-6-9-11(10)2/h2*10-11,13H,3-9H2,1-2H3;10H,3-9H2,1-2H3. The molecular weight excluding hydrogens is 530 g/mol. The molecule has 7 nitrogen and oxygen atoms in total. The van der Waals surface area contributed by atoms with Gasteiger partial charge in [-0.25, -0.2) is 9.97 Å². The quantitative estimate of drug-likeness (QED) is 0.267. The van der Waals surface area contributed by atoms with Crippen molar-refractivity contribution in [3.05, 3.63) is 36.4 Å². The molecule has 3 unspecified atom stereocenters. The minimum Gasteiger partial charge on any atom is -0.337 e. The number of rotatable bonds is 11. The molecule has 0 aromatic carbocycles. The number of piperidine rings is 3. The number of hydrogen-bond acceptors (Lipinski definition) is 5. The number of imidazole rings is 2. The van der Waals surface area contributed by atoms with E-state index in [-0.39, 0.29) is 0 Å². The fraction of sp³-hybridized carbons (Fsp3) is 0.833. The highest BCUT2D eigenvalue weighted by atomic mass is 15.1. The van der Waals surface area contributed by atoms with E-state index in [9.17, 15) is 0 Å². The van der Waals surface area contributed by atoms with E-state index in [2.05, 4.69) is 75.0 Å². The Labute approximate surface area is 265 Å². The normalized spacial score (nSPS) is 23.7. The van der Waals surface area contributed by atoms with E-state index in [0.717, 1.165) is 36.9 Å². The Morgan fingerprint density at radius 1 is 0.674 bits per heavy atom. The number of likely N-dealkylation sites (tertiary alicyclic amines) is 3. The Morgan fingerprint density at radius 3 is 1.60 bits per heavy atom. The van der Waals surface area contributed by atoms with Gasteiger partial charge in [0.15, 0.2) is 0 Å². The van der Waals surface area contributed by atoms with Gasteiger partial charge >= 0.3 is 0 Å². The zero-order valence-corrected chi connectivity index (χ0v) is 29.0. The van der Waals surface area contributed by atoms with Crippen LogP contribution in [0.15, 0.2) is 25.0 Å². The maximum atomic E-state index is 4.25. The first-order valence-corrected chi connectivity index (χ1v) is 17.9. The molecule has 2 aromatic rings. The molecule has 0 radical (unpaired) electrons. The molecule has 3 saturated heterocycles. The lowest BCUT2D eigenvalue weighted by Crippen LogP contribution is -2.36. The first-order valence-electron chi connectivity index (χ1n) is 17.9. The van der Waals surface area contributed by atoms with Crippen LogP contribution in [0.2, 0.25) is 0 Å². The molecule has 3 aliphatic heterocycles. The van der Waals surface area contributed by atoms with Gasteiger partial charge in [0.2, 0.25) is 0 Å². The van der Waals surface area contributed by atoms with E-state index in [1.54, 1.807) is 0 Å². The molecule has 3 aliphatic rings. The molecule has 0 amide bonds. The lowest BCUT2D eigenvalue weighted by Gasteiger charge is -2.32. The number of unbranched alkanes of at least 4 members (excludes halogenated alkanes) is 1. The van der Waals surface area contributed by atoms with Crippen LogP contribution in [-0.2, 0) is 13.1 Å². The van der Waals surface area contributed by atoms with Crippen molar-refractivity contribution in [2.75, 3.05) is 40.8 Å². The number of nitrogens with zero attached hydrogens (tertiary/aromatic N) is 7. The Morgan fingerprint density at radius 2 is 1.19 bits per heavy atom. The predicted octanol–water partition coefficient (Wildman–Crippen LogP) is 7.57. The summed E-state index contributed by atoms with van der Waals surface area (Å²) in [7, 11) is 6.82. The van der Waals surface area contributed by atoms with E-state index in [1.807, 2.05) is 25.8 Å². The van der Waals surface area contributed by atoms with Gasteiger partial charge in [0.1, 0.15) is 0 Å². The van der Waals surface area contributed by atoms with Crippen LogP contribution >= 0.6 is 0 Å². The van der Waals surface area contributed by atoms with Crippen molar-refractivity contribution >= 4 is 0 Å². The van der Waals surface area contributed by atoms with E-state index in [0.29, 0.717) is 0 Å². The van der Waals surface area contributed by atoms with E-state index in [4.69, 9.17) is 0 Å². The summed E-state index contributed by atoms with van der Waals surface area (Å²) >= 11 is 0. The molecule has 2 aromatic heterocycles. The average molecular weight is 598 g/mol. The molecule has 5 heterocycles. The fourth-order valence-electron chi connectivity index (χ4n) is 7.19. The Hall–Kier alpha value is -1.70. The molecule has 5 rings (SSSR count). The summed E-state index contributed by atoms with van der Waals surface area (Å²) in [6, 6.07) is 2.54. The summed E-state index contributed by atoms with van der Waals surface area (Å²) in [5.41, 5.74) is 2.40. The maximum absolute atomic E-state index is 4.25. The minimum absolute atomic E-state index is 0.817. The lowest BCUT2D eigenvalue weighted by molar-refractivity contribution is 0.172. The van der Waals surface area contributed by atoms with Crippen LogP contribution in [0.5, 0.6) is 0 Å². The van der Waals surface area contributed by atoms with Crippen LogP contribution in [0, 0.1) is 13.8 Å². The third-order valence-corrected chi connectivity index (χ3v) is 10.2. The van der Waals surface area contributed by atoms with Crippen LogP contribution in [0.1, 0.15) is 121 Å². The zero-order valence-electron chi connectivity index (χ0n) is 29.0. The molecule has 0 N–H and O–H groups in total. The van der Waals surface area contributed by atoms with Gasteiger partial charge in [-0.05, 0) is 125 Å². The van der Waals surface area contributed by atoms with Gasteiger partial charge in [-0.2, -0.15) is 0 Å². The lowest BCUT2D eigenvalue weighted by atomic mass is 9.98. The van der Waals surface area contributed by atoms with E-state index >= 15 is 0 Å². The van der Waals surface area contributed by atoms with Gasteiger partial charge < -0.3 is 23.8 Å². The first kappa shape index (κ1) is 35.8. The molecule has 3 atom stereocenters. The maximum Gasteiger partial charge on any atom is 0.0949 e. The summed E-state index contributed by atoms with van der Waals surface area (Å²) < 4.78 is 4.46. The van der Waals surface area contributed by atoms with Gasteiger partial charge in [-0.3, -0.25) is 0 Å². The Kier molecular flexibility index (Phi) is 16.9. The van der Waals surface area contributed by atoms with Crippen molar-refractivity contribution in [1.29, 1.82) is 0 Å². The molecular formula is C36H67N7. The molecule has 3 fully saturated rings. The summed E-state index contributed by atoms with van der Waals surface area (Å²) in [5, 5.41) is 0.